The van der Waals surface area contributed by atoms with Gasteiger partial charge in [0.25, 0.3) is 0 Å². The van der Waals surface area contributed by atoms with Gasteiger partial charge in [-0.3, -0.25) is 0 Å². The fourth-order valence-corrected chi connectivity index (χ4v) is 7.59. The number of hydrogen-bond donors (Lipinski definition) is 0. The third kappa shape index (κ3) is 5.88. The molecule has 1 aliphatic heterocycles. The first-order valence-electron chi connectivity index (χ1n) is 18.2. The smallest absolute Gasteiger partial charge is 0.135 e. The third-order valence-electron chi connectivity index (χ3n) is 10.2. The molecule has 1 aliphatic rings. The van der Waals surface area contributed by atoms with E-state index in [9.17, 15) is 0 Å². The van der Waals surface area contributed by atoms with Gasteiger partial charge in [0, 0.05) is 71.8 Å². The van der Waals surface area contributed by atoms with E-state index in [4.69, 9.17) is 9.72 Å². The van der Waals surface area contributed by atoms with E-state index in [1.807, 2.05) is 30.5 Å². The predicted octanol–water partition coefficient (Wildman–Crippen LogP) is 12.2. The summed E-state index contributed by atoms with van der Waals surface area (Å²) < 4.78 is 11.2. The van der Waals surface area contributed by atoms with E-state index in [1.54, 1.807) is 0 Å². The van der Waals surface area contributed by atoms with Crippen LogP contribution in [0.4, 0.5) is 22.7 Å². The second-order valence-corrected chi connectivity index (χ2v) is 14.6. The van der Waals surface area contributed by atoms with Gasteiger partial charge in [0.05, 0.1) is 11.0 Å². The van der Waals surface area contributed by atoms with Crippen LogP contribution >= 0.6 is 0 Å². The Morgan fingerprint density at radius 1 is 0.564 bits per heavy atom. The first kappa shape index (κ1) is 34.6. The number of aromatic nitrogens is 3. The van der Waals surface area contributed by atoms with E-state index >= 15 is 0 Å². The largest absolute Gasteiger partial charge is 0.509 e. The van der Waals surface area contributed by atoms with Crippen LogP contribution in [0, 0.1) is 18.8 Å². The van der Waals surface area contributed by atoms with Gasteiger partial charge in [0.2, 0.25) is 0 Å². The summed E-state index contributed by atoms with van der Waals surface area (Å²) in [5, 5.41) is 2.19. The van der Waals surface area contributed by atoms with E-state index in [2.05, 4.69) is 186 Å². The molecule has 9 aromatic rings. The van der Waals surface area contributed by atoms with Gasteiger partial charge in [-0.05, 0) is 59.5 Å². The Labute approximate surface area is 334 Å². The third-order valence-corrected chi connectivity index (χ3v) is 10.2. The summed E-state index contributed by atoms with van der Waals surface area (Å²) >= 11 is 0. The van der Waals surface area contributed by atoms with Gasteiger partial charge in [0.1, 0.15) is 5.82 Å². The van der Waals surface area contributed by atoms with E-state index in [0.717, 1.165) is 67.1 Å². The first-order valence-corrected chi connectivity index (χ1v) is 18.2. The van der Waals surface area contributed by atoms with Crippen LogP contribution < -0.4 is 14.5 Å². The van der Waals surface area contributed by atoms with E-state index in [1.165, 1.54) is 5.56 Å². The SMILES string of the molecule is CC(C)(C)c1ccc(-n2c3[c-]c(Oc4[c-]c(N5[CH-]N(c6ccccc6)c6ccccc65)ccc4)ccc3c3c2c2ccccc2n3-c2ccccc2)nc1.[Pd]. The zero-order chi connectivity index (χ0) is 36.4. The molecule has 0 N–H and O–H groups in total. The summed E-state index contributed by atoms with van der Waals surface area (Å²) in [6.07, 6.45) is 2.00. The molecule has 0 radical (unpaired) electrons. The summed E-state index contributed by atoms with van der Waals surface area (Å²) in [7, 11) is 0. The van der Waals surface area contributed by atoms with E-state index in [-0.39, 0.29) is 25.8 Å². The van der Waals surface area contributed by atoms with E-state index in [0.29, 0.717) is 11.5 Å². The molecule has 0 spiro atoms. The minimum absolute atomic E-state index is 0. The standard InChI is InChI=1S/C48H36N5O.Pd/c1-48(2,3)33-25-28-45(49-31-33)53-44-30-38(26-27-40(44)46-47(53)39-21-10-11-22-41(39)52(46)35-17-8-5-9-18-35)54-37-20-14-19-36(29-37)51-32-50(34-15-6-4-7-16-34)42-23-12-13-24-43(42)51;/h4-28,31-32H,1-3H3;/q-3;. The topological polar surface area (TPSA) is 38.5 Å². The number of para-hydroxylation sites is 5. The van der Waals surface area contributed by atoms with Crippen molar-refractivity contribution >= 4 is 55.6 Å². The van der Waals surface area contributed by atoms with Gasteiger partial charge in [0.15, 0.2) is 0 Å². The second-order valence-electron chi connectivity index (χ2n) is 14.6. The van der Waals surface area contributed by atoms with Crippen LogP contribution in [-0.4, -0.2) is 14.1 Å². The molecule has 0 atom stereocenters. The van der Waals surface area contributed by atoms with Gasteiger partial charge in [-0.1, -0.05) is 104 Å². The van der Waals surface area contributed by atoms with Crippen LogP contribution in [0.2, 0.25) is 0 Å². The molecule has 7 heteroatoms. The minimum atomic E-state index is -0.0180. The maximum absolute atomic E-state index is 6.61. The molecule has 0 amide bonds. The van der Waals surface area contributed by atoms with E-state index < -0.39 is 0 Å². The zero-order valence-electron chi connectivity index (χ0n) is 30.5. The first-order chi connectivity index (χ1) is 26.4. The molecular weight excluding hydrogens is 769 g/mol. The summed E-state index contributed by atoms with van der Waals surface area (Å²) in [5.41, 5.74) is 10.6. The average Bonchev–Trinajstić information content (AvgIpc) is 3.86. The molecule has 272 valence electrons. The van der Waals surface area contributed by atoms with Gasteiger partial charge >= 0.3 is 0 Å². The van der Waals surface area contributed by atoms with Crippen LogP contribution in [0.3, 0.4) is 0 Å². The van der Waals surface area contributed by atoms with Crippen LogP contribution in [0.15, 0.2) is 158 Å². The number of nitrogens with zero attached hydrogens (tertiary/aromatic N) is 5. The maximum atomic E-state index is 6.61. The fourth-order valence-electron chi connectivity index (χ4n) is 7.59. The zero-order valence-corrected chi connectivity index (χ0v) is 32.1. The number of ether oxygens (including phenoxy) is 1. The van der Waals surface area contributed by atoms with Gasteiger partial charge in [-0.15, -0.1) is 42.7 Å². The van der Waals surface area contributed by atoms with Crippen molar-refractivity contribution in [3.05, 3.63) is 182 Å². The Balaban J connectivity index is 0.00000397. The molecule has 4 heterocycles. The van der Waals surface area contributed by atoms with Crippen molar-refractivity contribution in [1.29, 1.82) is 0 Å². The van der Waals surface area contributed by atoms with Crippen LogP contribution in [0.25, 0.3) is 44.3 Å². The van der Waals surface area contributed by atoms with Crippen molar-refractivity contribution in [2.45, 2.75) is 26.2 Å². The predicted molar refractivity (Wildman–Crippen MR) is 220 cm³/mol. The molecule has 3 aromatic heterocycles. The molecule has 0 saturated heterocycles. The summed E-state index contributed by atoms with van der Waals surface area (Å²) in [6.45, 7) is 8.74. The van der Waals surface area contributed by atoms with Crippen molar-refractivity contribution in [3.63, 3.8) is 0 Å². The fraction of sp³-hybridized carbons (Fsp3) is 0.0833. The van der Waals surface area contributed by atoms with Crippen molar-refractivity contribution in [1.82, 2.24) is 14.1 Å². The molecule has 6 aromatic carbocycles. The van der Waals surface area contributed by atoms with Crippen molar-refractivity contribution in [2.24, 2.45) is 0 Å². The average molecular weight is 805 g/mol. The molecule has 10 rings (SSSR count). The Hall–Kier alpha value is -6.13. The van der Waals surface area contributed by atoms with Crippen LogP contribution in [0.5, 0.6) is 11.5 Å². The second kappa shape index (κ2) is 13.6. The Morgan fingerprint density at radius 3 is 1.95 bits per heavy atom. The quantitative estimate of drug-likeness (QED) is 0.124. The normalized spacial score (nSPS) is 12.7. The maximum Gasteiger partial charge on any atom is 0.135 e. The van der Waals surface area contributed by atoms with Crippen LogP contribution in [0.1, 0.15) is 26.3 Å². The molecule has 0 bridgehead atoms. The minimum Gasteiger partial charge on any atom is -0.509 e. The number of pyridine rings is 1. The molecular formula is C48H36N5OPd-3. The number of hydrogen-bond acceptors (Lipinski definition) is 4. The number of anilines is 4. The molecule has 0 saturated carbocycles. The van der Waals surface area contributed by atoms with Crippen molar-refractivity contribution in [2.75, 3.05) is 9.80 Å². The van der Waals surface area contributed by atoms with Gasteiger partial charge in [-0.2, -0.15) is 12.1 Å². The number of benzene rings is 6. The number of fused-ring (bicyclic) bond motifs is 6. The molecule has 0 unspecified atom stereocenters. The Kier molecular flexibility index (Phi) is 8.58. The molecule has 0 fully saturated rings. The van der Waals surface area contributed by atoms with Crippen molar-refractivity contribution < 1.29 is 25.2 Å². The number of rotatable bonds is 6. The van der Waals surface area contributed by atoms with Gasteiger partial charge in [-0.25, -0.2) is 4.98 Å². The van der Waals surface area contributed by atoms with Crippen molar-refractivity contribution in [3.8, 4) is 23.0 Å². The molecule has 6 nitrogen and oxygen atoms in total. The Morgan fingerprint density at radius 2 is 1.22 bits per heavy atom. The molecule has 55 heavy (non-hydrogen) atoms. The summed E-state index contributed by atoms with van der Waals surface area (Å²) in [5.74, 6) is 2.02. The van der Waals surface area contributed by atoms with Gasteiger partial charge < -0.3 is 23.7 Å². The molecule has 0 aliphatic carbocycles. The van der Waals surface area contributed by atoms with Crippen LogP contribution in [-0.2, 0) is 25.8 Å². The summed E-state index contributed by atoms with van der Waals surface area (Å²) in [4.78, 5) is 9.42. The summed E-state index contributed by atoms with van der Waals surface area (Å²) in [6, 6.07) is 59.6. The Bertz CT molecular complexity index is 2820. The monoisotopic (exact) mass is 804 g/mol.